The van der Waals surface area contributed by atoms with E-state index in [0.29, 0.717) is 19.8 Å². The van der Waals surface area contributed by atoms with Gasteiger partial charge in [0.2, 0.25) is 11.8 Å². The van der Waals surface area contributed by atoms with Gasteiger partial charge in [0, 0.05) is 44.9 Å². The maximum absolute atomic E-state index is 13.9. The highest BCUT2D eigenvalue weighted by molar-refractivity contribution is 5.89. The van der Waals surface area contributed by atoms with Crippen LogP contribution in [0.2, 0.25) is 0 Å². The van der Waals surface area contributed by atoms with Crippen LogP contribution in [0.25, 0.3) is 21.7 Å². The number of ether oxygens (including phenoxy) is 2. The number of hydrogen-bond acceptors (Lipinski definition) is 7. The van der Waals surface area contributed by atoms with Gasteiger partial charge in [0.15, 0.2) is 6.29 Å². The van der Waals surface area contributed by atoms with Gasteiger partial charge < -0.3 is 25.0 Å². The number of pyridine rings is 1. The minimum atomic E-state index is -0.865. The monoisotopic (exact) mass is 628 g/mol. The number of nitrogens with zero attached hydrogens (tertiary/aromatic N) is 3. The molecule has 4 aromatic rings. The molecule has 0 aliphatic rings. The fourth-order valence-corrected chi connectivity index (χ4v) is 5.39. The second kappa shape index (κ2) is 16.6. The highest BCUT2D eigenvalue weighted by atomic mass is 16.7. The van der Waals surface area contributed by atoms with Crippen LogP contribution in [0.1, 0.15) is 38.8 Å². The van der Waals surface area contributed by atoms with E-state index in [1.54, 1.807) is 25.1 Å². The van der Waals surface area contributed by atoms with Crippen LogP contribution >= 0.6 is 0 Å². The molecule has 244 valence electrons. The van der Waals surface area contributed by atoms with Gasteiger partial charge in [-0.3, -0.25) is 20.0 Å². The number of hydrogen-bond donors (Lipinski definition) is 3. The SMILES string of the molecule is CCOC(OCC)C(C)N(Cc1cccc2cccnc12)C(=O)C(C)NC(=O)CN(C)NC(=O)NCc1cccc2ccccc12. The summed E-state index contributed by atoms with van der Waals surface area (Å²) >= 11 is 0. The predicted molar refractivity (Wildman–Crippen MR) is 178 cm³/mol. The Morgan fingerprint density at radius 2 is 1.50 bits per heavy atom. The van der Waals surface area contributed by atoms with Crippen molar-refractivity contribution >= 4 is 39.5 Å². The van der Waals surface area contributed by atoms with Gasteiger partial charge in [-0.15, -0.1) is 0 Å². The molecule has 3 N–H and O–H groups in total. The van der Waals surface area contributed by atoms with Crippen LogP contribution in [0.3, 0.4) is 0 Å². The first-order valence-electron chi connectivity index (χ1n) is 15.6. The summed E-state index contributed by atoms with van der Waals surface area (Å²) in [6, 6.07) is 21.8. The molecule has 2 atom stereocenters. The van der Waals surface area contributed by atoms with Crippen LogP contribution in [0.5, 0.6) is 0 Å². The molecule has 0 radical (unpaired) electrons. The summed E-state index contributed by atoms with van der Waals surface area (Å²) < 4.78 is 11.7. The molecule has 4 amide bonds. The van der Waals surface area contributed by atoms with Gasteiger partial charge in [-0.25, -0.2) is 9.80 Å². The van der Waals surface area contributed by atoms with E-state index >= 15 is 0 Å². The molecule has 11 heteroatoms. The summed E-state index contributed by atoms with van der Waals surface area (Å²) in [7, 11) is 1.58. The number of rotatable bonds is 15. The van der Waals surface area contributed by atoms with Gasteiger partial charge in [-0.2, -0.15) is 0 Å². The first-order valence-corrected chi connectivity index (χ1v) is 15.6. The smallest absolute Gasteiger partial charge is 0.329 e. The number of amides is 4. The van der Waals surface area contributed by atoms with E-state index < -0.39 is 30.3 Å². The Labute approximate surface area is 270 Å². The van der Waals surface area contributed by atoms with E-state index in [2.05, 4.69) is 21.0 Å². The summed E-state index contributed by atoms with van der Waals surface area (Å²) in [6.07, 6.45) is 1.06. The lowest BCUT2D eigenvalue weighted by molar-refractivity contribution is -0.179. The molecule has 0 bridgehead atoms. The summed E-state index contributed by atoms with van der Waals surface area (Å²) in [6.45, 7) is 8.48. The van der Waals surface area contributed by atoms with E-state index in [1.165, 1.54) is 5.01 Å². The van der Waals surface area contributed by atoms with Gasteiger partial charge in [-0.1, -0.05) is 66.7 Å². The van der Waals surface area contributed by atoms with Crippen molar-refractivity contribution < 1.29 is 23.9 Å². The number of likely N-dealkylation sites (N-methyl/N-ethyl adjacent to an activating group) is 1. The fourth-order valence-electron chi connectivity index (χ4n) is 5.39. The molecule has 0 aliphatic heterocycles. The van der Waals surface area contributed by atoms with Gasteiger partial charge in [-0.05, 0) is 55.7 Å². The molecule has 3 aromatic carbocycles. The van der Waals surface area contributed by atoms with E-state index in [4.69, 9.17) is 9.47 Å². The summed E-state index contributed by atoms with van der Waals surface area (Å²) in [5, 5.41) is 10.1. The lowest BCUT2D eigenvalue weighted by Crippen LogP contribution is -2.55. The number of aromatic nitrogens is 1. The van der Waals surface area contributed by atoms with Gasteiger partial charge >= 0.3 is 6.03 Å². The Morgan fingerprint density at radius 1 is 0.848 bits per heavy atom. The molecule has 0 saturated carbocycles. The number of benzene rings is 3. The summed E-state index contributed by atoms with van der Waals surface area (Å²) in [5.74, 6) is -0.732. The first-order chi connectivity index (χ1) is 22.2. The molecule has 11 nitrogen and oxygen atoms in total. The van der Waals surface area contributed by atoms with Crippen LogP contribution < -0.4 is 16.1 Å². The number of para-hydroxylation sites is 1. The van der Waals surface area contributed by atoms with E-state index in [9.17, 15) is 14.4 Å². The maximum Gasteiger partial charge on any atom is 0.329 e. The van der Waals surface area contributed by atoms with Crippen molar-refractivity contribution in [2.24, 2.45) is 0 Å². The van der Waals surface area contributed by atoms with Crippen LogP contribution in [-0.2, 0) is 32.2 Å². The van der Waals surface area contributed by atoms with E-state index in [-0.39, 0.29) is 19.0 Å². The third-order valence-corrected chi connectivity index (χ3v) is 7.63. The largest absolute Gasteiger partial charge is 0.351 e. The van der Waals surface area contributed by atoms with E-state index in [1.807, 2.05) is 93.6 Å². The van der Waals surface area contributed by atoms with Crippen molar-refractivity contribution in [3.8, 4) is 0 Å². The molecule has 0 aliphatic carbocycles. The molecule has 1 heterocycles. The zero-order chi connectivity index (χ0) is 33.1. The van der Waals surface area contributed by atoms with Crippen molar-refractivity contribution in [1.29, 1.82) is 0 Å². The third kappa shape index (κ3) is 9.00. The van der Waals surface area contributed by atoms with Crippen molar-refractivity contribution in [2.45, 2.75) is 59.2 Å². The topological polar surface area (TPSA) is 125 Å². The van der Waals surface area contributed by atoms with Crippen molar-refractivity contribution in [3.63, 3.8) is 0 Å². The number of urea groups is 1. The van der Waals surface area contributed by atoms with Crippen molar-refractivity contribution in [2.75, 3.05) is 26.8 Å². The second-order valence-electron chi connectivity index (χ2n) is 11.1. The third-order valence-electron chi connectivity index (χ3n) is 7.63. The fraction of sp³-hybridized carbons (Fsp3) is 0.371. The minimum absolute atomic E-state index is 0.164. The highest BCUT2D eigenvalue weighted by Crippen LogP contribution is 2.22. The van der Waals surface area contributed by atoms with Gasteiger partial charge in [0.1, 0.15) is 6.04 Å². The summed E-state index contributed by atoms with van der Waals surface area (Å²) in [5.41, 5.74) is 5.29. The lowest BCUT2D eigenvalue weighted by Gasteiger charge is -2.36. The van der Waals surface area contributed by atoms with Crippen LogP contribution in [0, 0.1) is 0 Å². The molecule has 2 unspecified atom stereocenters. The van der Waals surface area contributed by atoms with Crippen LogP contribution in [0.15, 0.2) is 79.0 Å². The maximum atomic E-state index is 13.9. The molecule has 0 fully saturated rings. The number of fused-ring (bicyclic) bond motifs is 2. The first kappa shape index (κ1) is 34.3. The van der Waals surface area contributed by atoms with Crippen LogP contribution in [-0.4, -0.2) is 77.9 Å². The molecule has 46 heavy (non-hydrogen) atoms. The number of carbonyl (C=O) groups is 3. The molecular weight excluding hydrogens is 584 g/mol. The Balaban J connectivity index is 1.38. The average molecular weight is 629 g/mol. The van der Waals surface area contributed by atoms with E-state index in [0.717, 1.165) is 32.8 Å². The average Bonchev–Trinajstić information content (AvgIpc) is 3.05. The van der Waals surface area contributed by atoms with Crippen molar-refractivity contribution in [1.82, 2.24) is 31.0 Å². The standard InChI is InChI=1S/C35H44N6O5/c1-6-45-34(46-7-2)25(4)41(22-29-17-11-15-27-18-12-20-36-32(27)29)33(43)24(3)38-31(42)23-40(5)39-35(44)37-21-28-16-10-14-26-13-8-9-19-30(26)28/h8-20,24-25,34H,6-7,21-23H2,1-5H3,(H,38,42)(H2,37,39,44). The lowest BCUT2D eigenvalue weighted by atomic mass is 10.0. The molecule has 4 rings (SSSR count). The Bertz CT molecular complexity index is 1620. The zero-order valence-corrected chi connectivity index (χ0v) is 27.2. The number of nitrogens with one attached hydrogen (secondary N) is 3. The molecular formula is C35H44N6O5. The van der Waals surface area contributed by atoms with Crippen LogP contribution in [0.4, 0.5) is 4.79 Å². The Morgan fingerprint density at radius 3 is 2.24 bits per heavy atom. The normalized spacial score (nSPS) is 12.7. The predicted octanol–water partition coefficient (Wildman–Crippen LogP) is 4.36. The zero-order valence-electron chi connectivity index (χ0n) is 27.2. The Kier molecular flexibility index (Phi) is 12.4. The molecule has 1 aromatic heterocycles. The summed E-state index contributed by atoms with van der Waals surface area (Å²) in [4.78, 5) is 45.7. The molecule has 0 saturated heterocycles. The minimum Gasteiger partial charge on any atom is -0.351 e. The molecule has 0 spiro atoms. The second-order valence-corrected chi connectivity index (χ2v) is 11.1. The van der Waals surface area contributed by atoms with Gasteiger partial charge in [0.25, 0.3) is 0 Å². The van der Waals surface area contributed by atoms with Crippen molar-refractivity contribution in [3.05, 3.63) is 90.1 Å². The Hall–Kier alpha value is -4.58. The highest BCUT2D eigenvalue weighted by Gasteiger charge is 2.32. The van der Waals surface area contributed by atoms with Gasteiger partial charge in [0.05, 0.1) is 18.1 Å². The number of hydrazine groups is 1. The quantitative estimate of drug-likeness (QED) is 0.132. The number of carbonyl (C=O) groups excluding carboxylic acids is 3.